The minimum atomic E-state index is -0.586. The van der Waals surface area contributed by atoms with Gasteiger partial charge in [-0.1, -0.05) is 69.9 Å². The van der Waals surface area contributed by atoms with Crippen LogP contribution in [-0.2, 0) is 16.0 Å². The van der Waals surface area contributed by atoms with Gasteiger partial charge in [0.05, 0.1) is 0 Å². The fraction of sp³-hybridized carbons (Fsp3) is 0.654. The lowest BCUT2D eigenvalue weighted by Gasteiger charge is -2.34. The van der Waals surface area contributed by atoms with Crippen LogP contribution in [0.4, 0.5) is 0 Å². The van der Waals surface area contributed by atoms with Gasteiger partial charge in [0.25, 0.3) is 5.91 Å². The molecule has 176 valence electrons. The molecule has 0 aliphatic carbocycles. The average Bonchev–Trinajstić information content (AvgIpc) is 3.05. The van der Waals surface area contributed by atoms with Crippen LogP contribution in [0.2, 0.25) is 0 Å². The Morgan fingerprint density at radius 2 is 1.72 bits per heavy atom. The normalized spacial score (nSPS) is 18.8. The second-order valence-electron chi connectivity index (χ2n) is 9.49. The van der Waals surface area contributed by atoms with E-state index in [2.05, 4.69) is 31.3 Å². The number of guanidine groups is 1. The summed E-state index contributed by atoms with van der Waals surface area (Å²) < 4.78 is 0. The van der Waals surface area contributed by atoms with Crippen LogP contribution < -0.4 is 5.32 Å². The molecule has 0 aromatic heterocycles. The van der Waals surface area contributed by atoms with Crippen molar-refractivity contribution in [2.45, 2.75) is 83.6 Å². The monoisotopic (exact) mass is 440 g/mol. The Hall–Kier alpha value is -2.37. The largest absolute Gasteiger partial charge is 0.343 e. The number of unbranched alkanes of at least 4 members (excludes halogenated alkanes) is 2. The zero-order chi connectivity index (χ0) is 23.0. The molecule has 2 fully saturated rings. The van der Waals surface area contributed by atoms with Crippen molar-refractivity contribution in [3.8, 4) is 0 Å². The first-order valence-corrected chi connectivity index (χ1v) is 12.5. The molecule has 6 nitrogen and oxygen atoms in total. The van der Waals surface area contributed by atoms with Gasteiger partial charge >= 0.3 is 0 Å². The van der Waals surface area contributed by atoms with E-state index in [-0.39, 0.29) is 17.8 Å². The summed E-state index contributed by atoms with van der Waals surface area (Å²) in [5.74, 6) is 0.916. The number of carbonyl (C=O) groups is 2. The highest BCUT2D eigenvalue weighted by Gasteiger charge is 2.48. The molecular weight excluding hydrogens is 400 g/mol. The number of benzene rings is 1. The van der Waals surface area contributed by atoms with Crippen LogP contribution in [0.5, 0.6) is 0 Å². The summed E-state index contributed by atoms with van der Waals surface area (Å²) in [7, 11) is 0. The van der Waals surface area contributed by atoms with Crippen LogP contribution in [0, 0.1) is 11.3 Å². The molecule has 2 aliphatic rings. The molecule has 2 N–H and O–H groups in total. The summed E-state index contributed by atoms with van der Waals surface area (Å²) in [4.78, 5) is 29.7. The van der Waals surface area contributed by atoms with E-state index in [4.69, 9.17) is 5.41 Å². The molecule has 0 atom stereocenters. The lowest BCUT2D eigenvalue weighted by atomic mass is 9.86. The average molecular weight is 441 g/mol. The molecular formula is C26H40N4O2. The maximum absolute atomic E-state index is 13.4. The fourth-order valence-electron chi connectivity index (χ4n) is 4.98. The Kier molecular flexibility index (Phi) is 8.71. The lowest BCUT2D eigenvalue weighted by Crippen LogP contribution is -2.47. The number of carbonyl (C=O) groups excluding carboxylic acids is 2. The van der Waals surface area contributed by atoms with Crippen LogP contribution in [-0.4, -0.2) is 52.7 Å². The number of nitrogens with one attached hydrogen (secondary N) is 2. The second kappa shape index (κ2) is 11.5. The van der Waals surface area contributed by atoms with Gasteiger partial charge in [0.15, 0.2) is 5.96 Å². The van der Waals surface area contributed by atoms with Crippen LogP contribution in [0.25, 0.3) is 0 Å². The van der Waals surface area contributed by atoms with E-state index in [0.29, 0.717) is 18.9 Å². The summed E-state index contributed by atoms with van der Waals surface area (Å²) in [6.45, 7) is 6.38. The molecule has 0 spiro atoms. The van der Waals surface area contributed by atoms with Gasteiger partial charge in [-0.25, -0.2) is 0 Å². The predicted molar refractivity (Wildman–Crippen MR) is 128 cm³/mol. The first kappa shape index (κ1) is 24.3. The number of amides is 2. The van der Waals surface area contributed by atoms with E-state index >= 15 is 0 Å². The number of rotatable bonds is 11. The smallest absolute Gasteiger partial charge is 0.255 e. The number of nitrogens with zero attached hydrogens (tertiary/aromatic N) is 2. The van der Waals surface area contributed by atoms with Crippen LogP contribution in [0.1, 0.15) is 77.2 Å². The number of aryl methyl sites for hydroxylation is 1. The Bertz CT molecular complexity index is 763. The van der Waals surface area contributed by atoms with Gasteiger partial charge in [-0.05, 0) is 43.6 Å². The van der Waals surface area contributed by atoms with Gasteiger partial charge in [-0.3, -0.25) is 19.9 Å². The van der Waals surface area contributed by atoms with Crippen LogP contribution in [0.3, 0.4) is 0 Å². The third kappa shape index (κ3) is 5.90. The van der Waals surface area contributed by atoms with E-state index < -0.39 is 5.54 Å². The van der Waals surface area contributed by atoms with Crippen molar-refractivity contribution >= 4 is 17.8 Å². The Labute approximate surface area is 193 Å². The minimum Gasteiger partial charge on any atom is -0.343 e. The summed E-state index contributed by atoms with van der Waals surface area (Å²) in [5, 5.41) is 11.7. The fourth-order valence-corrected chi connectivity index (χ4v) is 4.98. The minimum absolute atomic E-state index is 0.0887. The van der Waals surface area contributed by atoms with E-state index in [9.17, 15) is 9.59 Å². The van der Waals surface area contributed by atoms with Crippen molar-refractivity contribution < 1.29 is 9.59 Å². The van der Waals surface area contributed by atoms with E-state index in [1.165, 1.54) is 5.56 Å². The molecule has 32 heavy (non-hydrogen) atoms. The van der Waals surface area contributed by atoms with E-state index in [1.807, 2.05) is 23.1 Å². The lowest BCUT2D eigenvalue weighted by molar-refractivity contribution is -0.134. The first-order valence-electron chi connectivity index (χ1n) is 12.5. The molecule has 1 aromatic carbocycles. The zero-order valence-corrected chi connectivity index (χ0v) is 19.9. The van der Waals surface area contributed by atoms with Gasteiger partial charge < -0.3 is 10.2 Å². The highest BCUT2D eigenvalue weighted by molar-refractivity contribution is 6.07. The van der Waals surface area contributed by atoms with Gasteiger partial charge in [0.2, 0.25) is 5.91 Å². The van der Waals surface area contributed by atoms with E-state index in [0.717, 1.165) is 70.9 Å². The summed E-state index contributed by atoms with van der Waals surface area (Å²) in [6.07, 6.45) is 8.80. The molecule has 3 rings (SSSR count). The van der Waals surface area contributed by atoms with Gasteiger partial charge in [0.1, 0.15) is 5.54 Å². The van der Waals surface area contributed by atoms with Crippen LogP contribution >= 0.6 is 0 Å². The number of hydrogen-bond donors (Lipinski definition) is 2. The Balaban J connectivity index is 1.50. The third-order valence-corrected chi connectivity index (χ3v) is 7.07. The SMILES string of the molecule is CCCCC1(CCCC)NC(=N)N(CC2CCN(C(=O)CCc3ccccc3)CC2)C1=O. The van der Waals surface area contributed by atoms with Crippen molar-refractivity contribution in [1.82, 2.24) is 15.1 Å². The maximum atomic E-state index is 13.4. The zero-order valence-electron chi connectivity index (χ0n) is 19.9. The molecule has 2 heterocycles. The summed E-state index contributed by atoms with van der Waals surface area (Å²) in [6, 6.07) is 10.1. The van der Waals surface area contributed by atoms with Crippen molar-refractivity contribution in [2.24, 2.45) is 5.92 Å². The molecule has 0 saturated carbocycles. The molecule has 0 unspecified atom stereocenters. The highest BCUT2D eigenvalue weighted by atomic mass is 16.2. The topological polar surface area (TPSA) is 76.5 Å². The number of piperidine rings is 1. The van der Waals surface area contributed by atoms with Gasteiger partial charge in [0, 0.05) is 26.1 Å². The van der Waals surface area contributed by atoms with Crippen LogP contribution in [0.15, 0.2) is 30.3 Å². The molecule has 6 heteroatoms. The van der Waals surface area contributed by atoms with Crippen molar-refractivity contribution in [2.75, 3.05) is 19.6 Å². The van der Waals surface area contributed by atoms with Crippen molar-refractivity contribution in [1.29, 1.82) is 5.41 Å². The van der Waals surface area contributed by atoms with Crippen molar-refractivity contribution in [3.63, 3.8) is 0 Å². The molecule has 2 saturated heterocycles. The van der Waals surface area contributed by atoms with Gasteiger partial charge in [-0.2, -0.15) is 0 Å². The third-order valence-electron chi connectivity index (χ3n) is 7.07. The highest BCUT2D eigenvalue weighted by Crippen LogP contribution is 2.31. The predicted octanol–water partition coefficient (Wildman–Crippen LogP) is 4.34. The number of likely N-dealkylation sites (tertiary alicyclic amines) is 1. The standard InChI is InChI=1S/C26H40N4O2/c1-3-5-16-26(17-6-4-2)24(32)30(25(27)28-26)20-22-14-18-29(19-15-22)23(31)13-12-21-10-8-7-9-11-21/h7-11,22H,3-6,12-20H2,1-2H3,(H2,27,28). The summed E-state index contributed by atoms with van der Waals surface area (Å²) in [5.41, 5.74) is 0.612. The maximum Gasteiger partial charge on any atom is 0.255 e. The van der Waals surface area contributed by atoms with Gasteiger partial charge in [-0.15, -0.1) is 0 Å². The second-order valence-corrected chi connectivity index (χ2v) is 9.49. The quantitative estimate of drug-likeness (QED) is 0.537. The first-order chi connectivity index (χ1) is 15.5. The molecule has 2 aliphatic heterocycles. The van der Waals surface area contributed by atoms with Crippen molar-refractivity contribution in [3.05, 3.63) is 35.9 Å². The molecule has 2 amide bonds. The number of hydrogen-bond acceptors (Lipinski definition) is 3. The summed E-state index contributed by atoms with van der Waals surface area (Å²) >= 11 is 0. The Morgan fingerprint density at radius 3 is 2.31 bits per heavy atom. The molecule has 0 bridgehead atoms. The molecule has 1 aromatic rings. The van der Waals surface area contributed by atoms with E-state index in [1.54, 1.807) is 4.90 Å². The molecule has 0 radical (unpaired) electrons. The Morgan fingerprint density at radius 1 is 1.09 bits per heavy atom.